The van der Waals surface area contributed by atoms with Gasteiger partial charge in [0.1, 0.15) is 10.4 Å². The number of amides is 1. The number of aromatic nitrogens is 2. The van der Waals surface area contributed by atoms with Crippen molar-refractivity contribution in [3.05, 3.63) is 81.7 Å². The maximum atomic E-state index is 11.5. The number of hydrogen-bond acceptors (Lipinski definition) is 8. The number of piperidine rings is 1. The zero-order valence-corrected chi connectivity index (χ0v) is 22.8. The van der Waals surface area contributed by atoms with Crippen molar-refractivity contribution < 1.29 is 9.53 Å². The molecular formula is C30H30N6O2S. The summed E-state index contributed by atoms with van der Waals surface area (Å²) in [6.45, 7) is 6.62. The van der Waals surface area contributed by atoms with Crippen LogP contribution >= 0.6 is 11.3 Å². The second-order valence-electron chi connectivity index (χ2n) is 9.80. The van der Waals surface area contributed by atoms with Gasteiger partial charge in [-0.05, 0) is 90.7 Å². The van der Waals surface area contributed by atoms with Gasteiger partial charge < -0.3 is 15.8 Å². The van der Waals surface area contributed by atoms with Crippen LogP contribution in [0.4, 0.5) is 5.95 Å². The average Bonchev–Trinajstić information content (AvgIpc) is 3.40. The molecule has 1 amide bonds. The Morgan fingerprint density at radius 2 is 1.97 bits per heavy atom. The Morgan fingerprint density at radius 1 is 1.21 bits per heavy atom. The number of likely N-dealkylation sites (tertiary alicyclic amines) is 1. The van der Waals surface area contributed by atoms with Crippen LogP contribution < -0.4 is 15.8 Å². The highest BCUT2D eigenvalue weighted by Gasteiger charge is 2.22. The van der Waals surface area contributed by atoms with Crippen molar-refractivity contribution in [3.63, 3.8) is 0 Å². The number of hydrogen-bond donors (Lipinski definition) is 2. The van der Waals surface area contributed by atoms with E-state index in [9.17, 15) is 4.79 Å². The molecule has 9 heteroatoms. The monoisotopic (exact) mass is 538 g/mol. The summed E-state index contributed by atoms with van der Waals surface area (Å²) in [5, 5.41) is 14.4. The lowest BCUT2D eigenvalue weighted by Gasteiger charge is -2.32. The predicted octanol–water partition coefficient (Wildman–Crippen LogP) is 5.81. The topological polar surface area (TPSA) is 117 Å². The van der Waals surface area contributed by atoms with Crippen LogP contribution in [0.15, 0.2) is 53.9 Å². The zero-order valence-electron chi connectivity index (χ0n) is 22.0. The molecule has 39 heavy (non-hydrogen) atoms. The summed E-state index contributed by atoms with van der Waals surface area (Å²) < 4.78 is 7.30. The Labute approximate surface area is 231 Å². The van der Waals surface area contributed by atoms with Crippen molar-refractivity contribution in [3.8, 4) is 17.7 Å². The van der Waals surface area contributed by atoms with Crippen LogP contribution in [0.1, 0.15) is 45.5 Å². The quantitative estimate of drug-likeness (QED) is 0.272. The Kier molecular flexibility index (Phi) is 7.87. The normalized spacial score (nSPS) is 14.5. The second-order valence-corrected chi connectivity index (χ2v) is 10.7. The summed E-state index contributed by atoms with van der Waals surface area (Å²) in [5.41, 5.74) is 10.8. The minimum atomic E-state index is -0.402. The lowest BCUT2D eigenvalue weighted by Crippen LogP contribution is -2.39. The number of anilines is 1. The number of aryl methyl sites for hydroxylation is 2. The molecule has 1 aliphatic rings. The first-order chi connectivity index (χ1) is 18.9. The predicted molar refractivity (Wildman–Crippen MR) is 155 cm³/mol. The standard InChI is InChI=1S/C30H30N6O2S/c1-19-15-21(6-4-11-31)16-20(2)26(19)38-29-27-25(10-14-39-27)34-30(35-29)33-24-8-12-36(13-9-24)18-22-5-3-7-23(17-22)28(32)37/h3-7,10,14-17,24H,8-9,12-13,18H2,1-2H3,(H2,32,37)(H,33,34,35)/b6-4+. The number of nitrogens with zero attached hydrogens (tertiary/aromatic N) is 4. The molecule has 2 aromatic heterocycles. The molecular weight excluding hydrogens is 508 g/mol. The van der Waals surface area contributed by atoms with Crippen molar-refractivity contribution in [2.75, 3.05) is 18.4 Å². The number of primary amides is 1. The van der Waals surface area contributed by atoms with Gasteiger partial charge in [0.05, 0.1) is 11.6 Å². The molecule has 4 aromatic rings. The molecule has 198 valence electrons. The van der Waals surface area contributed by atoms with Crippen molar-refractivity contribution in [2.24, 2.45) is 5.73 Å². The number of nitrogens with one attached hydrogen (secondary N) is 1. The van der Waals surface area contributed by atoms with Gasteiger partial charge in [0.25, 0.3) is 0 Å². The first-order valence-corrected chi connectivity index (χ1v) is 13.8. The lowest BCUT2D eigenvalue weighted by atomic mass is 10.0. The molecule has 1 aliphatic heterocycles. The van der Waals surface area contributed by atoms with Crippen LogP contribution in [0.3, 0.4) is 0 Å². The number of nitriles is 1. The number of rotatable bonds is 8. The van der Waals surface area contributed by atoms with E-state index >= 15 is 0 Å². The molecule has 0 radical (unpaired) electrons. The highest BCUT2D eigenvalue weighted by atomic mass is 32.1. The van der Waals surface area contributed by atoms with Crippen LogP contribution in [0.5, 0.6) is 11.6 Å². The van der Waals surface area contributed by atoms with E-state index in [1.165, 1.54) is 6.08 Å². The minimum Gasteiger partial charge on any atom is -0.437 e. The molecule has 0 atom stereocenters. The number of ether oxygens (including phenoxy) is 1. The molecule has 3 N–H and O–H groups in total. The molecule has 1 saturated heterocycles. The van der Waals surface area contributed by atoms with Crippen molar-refractivity contribution in [1.82, 2.24) is 14.9 Å². The van der Waals surface area contributed by atoms with Crippen LogP contribution in [-0.2, 0) is 6.54 Å². The third kappa shape index (κ3) is 6.25. The highest BCUT2D eigenvalue weighted by molar-refractivity contribution is 7.17. The van der Waals surface area contributed by atoms with Gasteiger partial charge in [-0.15, -0.1) is 11.3 Å². The summed E-state index contributed by atoms with van der Waals surface area (Å²) >= 11 is 1.56. The van der Waals surface area contributed by atoms with E-state index < -0.39 is 5.91 Å². The number of carbonyl (C=O) groups excluding carboxylic acids is 1. The zero-order chi connectivity index (χ0) is 27.4. The van der Waals surface area contributed by atoms with Gasteiger partial charge in [-0.25, -0.2) is 4.98 Å². The molecule has 0 unspecified atom stereocenters. The summed E-state index contributed by atoms with van der Waals surface area (Å²) in [5.74, 6) is 1.46. The van der Waals surface area contributed by atoms with Gasteiger partial charge >= 0.3 is 0 Å². The lowest BCUT2D eigenvalue weighted by molar-refractivity contribution is 0.1000. The van der Waals surface area contributed by atoms with E-state index in [-0.39, 0.29) is 6.04 Å². The third-order valence-corrected chi connectivity index (χ3v) is 7.73. The van der Waals surface area contributed by atoms with Gasteiger partial charge in [-0.1, -0.05) is 12.1 Å². The molecule has 0 aliphatic carbocycles. The Balaban J connectivity index is 1.27. The fourth-order valence-corrected chi connectivity index (χ4v) is 5.70. The van der Waals surface area contributed by atoms with Crippen LogP contribution in [0.25, 0.3) is 16.3 Å². The van der Waals surface area contributed by atoms with Gasteiger partial charge in [-0.3, -0.25) is 9.69 Å². The SMILES string of the molecule is Cc1cc(/C=C/C#N)cc(C)c1Oc1nc(NC2CCN(Cc3cccc(C(N)=O)c3)CC2)nc2ccsc12. The van der Waals surface area contributed by atoms with Crippen LogP contribution in [-0.4, -0.2) is 39.9 Å². The highest BCUT2D eigenvalue weighted by Crippen LogP contribution is 2.36. The number of carbonyl (C=O) groups is 1. The van der Waals surface area contributed by atoms with E-state index in [1.807, 2.05) is 61.7 Å². The molecule has 0 saturated carbocycles. The summed E-state index contributed by atoms with van der Waals surface area (Å²) in [6.07, 6.45) is 5.16. The number of allylic oxidation sites excluding steroid dienone is 1. The maximum Gasteiger partial charge on any atom is 0.248 e. The molecule has 8 nitrogen and oxygen atoms in total. The summed E-state index contributed by atoms with van der Waals surface area (Å²) in [6, 6.07) is 15.8. The largest absolute Gasteiger partial charge is 0.437 e. The van der Waals surface area contributed by atoms with Gasteiger partial charge in [0, 0.05) is 37.3 Å². The number of fused-ring (bicyclic) bond motifs is 1. The van der Waals surface area contributed by atoms with Crippen molar-refractivity contribution in [2.45, 2.75) is 39.3 Å². The smallest absolute Gasteiger partial charge is 0.248 e. The number of thiophene rings is 1. The molecule has 2 aromatic carbocycles. The molecule has 3 heterocycles. The second kappa shape index (κ2) is 11.6. The fraction of sp³-hybridized carbons (Fsp3) is 0.267. The average molecular weight is 539 g/mol. The number of nitrogens with two attached hydrogens (primary N) is 1. The molecule has 1 fully saturated rings. The summed E-state index contributed by atoms with van der Waals surface area (Å²) in [7, 11) is 0. The maximum absolute atomic E-state index is 11.5. The van der Waals surface area contributed by atoms with Gasteiger partial charge in [0.2, 0.25) is 17.7 Å². The van der Waals surface area contributed by atoms with Crippen LogP contribution in [0, 0.1) is 25.2 Å². The van der Waals surface area contributed by atoms with Crippen LogP contribution in [0.2, 0.25) is 0 Å². The molecule has 5 rings (SSSR count). The first kappa shape index (κ1) is 26.4. The van der Waals surface area contributed by atoms with E-state index in [1.54, 1.807) is 23.5 Å². The third-order valence-electron chi connectivity index (χ3n) is 6.84. The first-order valence-electron chi connectivity index (χ1n) is 12.9. The van der Waals surface area contributed by atoms with Crippen molar-refractivity contribution in [1.29, 1.82) is 5.26 Å². The van der Waals surface area contributed by atoms with Gasteiger partial charge in [-0.2, -0.15) is 10.2 Å². The number of benzene rings is 2. The fourth-order valence-electron chi connectivity index (χ4n) is 4.94. The molecule has 0 spiro atoms. The Morgan fingerprint density at radius 3 is 2.69 bits per heavy atom. The minimum absolute atomic E-state index is 0.247. The Hall–Kier alpha value is -4.26. The Bertz CT molecular complexity index is 1560. The van der Waals surface area contributed by atoms with Gasteiger partial charge in [0.15, 0.2) is 0 Å². The summed E-state index contributed by atoms with van der Waals surface area (Å²) in [4.78, 5) is 23.4. The van der Waals surface area contributed by atoms with E-state index in [2.05, 4.69) is 10.2 Å². The molecule has 0 bridgehead atoms. The van der Waals surface area contributed by atoms with E-state index in [0.29, 0.717) is 17.4 Å². The van der Waals surface area contributed by atoms with E-state index in [0.717, 1.165) is 70.7 Å². The van der Waals surface area contributed by atoms with Crippen molar-refractivity contribution >= 4 is 39.5 Å². The van der Waals surface area contributed by atoms with E-state index in [4.69, 9.17) is 25.7 Å².